The molecule has 0 saturated carbocycles. The van der Waals surface area contributed by atoms with Crippen LogP contribution in [-0.4, -0.2) is 30.1 Å². The van der Waals surface area contributed by atoms with Crippen molar-refractivity contribution >= 4 is 29.0 Å². The topological polar surface area (TPSA) is 64.3 Å². The van der Waals surface area contributed by atoms with Crippen molar-refractivity contribution < 1.29 is 13.9 Å². The Hall–Kier alpha value is -1.27. The van der Waals surface area contributed by atoms with Crippen molar-refractivity contribution in [3.05, 3.63) is 24.0 Å². The molecule has 110 valence electrons. The summed E-state index contributed by atoms with van der Waals surface area (Å²) in [5.41, 5.74) is 6.35. The highest BCUT2D eigenvalue weighted by atomic mass is 32.2. The van der Waals surface area contributed by atoms with Gasteiger partial charge in [-0.25, -0.2) is 4.39 Å². The van der Waals surface area contributed by atoms with Crippen molar-refractivity contribution in [1.82, 2.24) is 0 Å². The van der Waals surface area contributed by atoms with Gasteiger partial charge in [-0.2, -0.15) is 11.8 Å². The molecule has 1 amide bonds. The summed E-state index contributed by atoms with van der Waals surface area (Å²) in [6.45, 7) is 1.63. The Bertz CT molecular complexity index is 464. The number of thioether (sulfide) groups is 1. The number of amides is 1. The van der Waals surface area contributed by atoms with Gasteiger partial charge < -0.3 is 15.8 Å². The second-order valence-corrected chi connectivity index (χ2v) is 6.12. The summed E-state index contributed by atoms with van der Waals surface area (Å²) in [6.07, 6.45) is 2.53. The number of anilines is 2. The van der Waals surface area contributed by atoms with Crippen LogP contribution in [0.1, 0.15) is 19.3 Å². The van der Waals surface area contributed by atoms with Gasteiger partial charge in [0, 0.05) is 30.6 Å². The summed E-state index contributed by atoms with van der Waals surface area (Å²) < 4.78 is 18.2. The minimum Gasteiger partial charge on any atom is -0.397 e. The third-order valence-corrected chi connectivity index (χ3v) is 4.52. The molecule has 0 radical (unpaired) electrons. The molecule has 4 nitrogen and oxygen atoms in total. The first-order valence-corrected chi connectivity index (χ1v) is 7.74. The Kier molecular flexibility index (Phi) is 5.67. The number of carbonyl (C=O) groups excluding carboxylic acids is 1. The average molecular weight is 298 g/mol. The van der Waals surface area contributed by atoms with Crippen LogP contribution >= 0.6 is 11.8 Å². The van der Waals surface area contributed by atoms with E-state index in [2.05, 4.69) is 5.32 Å². The Morgan fingerprint density at radius 2 is 2.20 bits per heavy atom. The van der Waals surface area contributed by atoms with Crippen LogP contribution < -0.4 is 11.1 Å². The van der Waals surface area contributed by atoms with E-state index in [-0.39, 0.29) is 11.6 Å². The highest BCUT2D eigenvalue weighted by molar-refractivity contribution is 7.99. The zero-order valence-corrected chi connectivity index (χ0v) is 12.0. The van der Waals surface area contributed by atoms with Gasteiger partial charge in [0.25, 0.3) is 0 Å². The first kappa shape index (κ1) is 15.1. The van der Waals surface area contributed by atoms with E-state index in [0.29, 0.717) is 17.4 Å². The number of rotatable bonds is 5. The lowest BCUT2D eigenvalue weighted by molar-refractivity contribution is -0.115. The molecule has 2 rings (SSSR count). The normalized spacial score (nSPS) is 16.1. The highest BCUT2D eigenvalue weighted by Crippen LogP contribution is 2.23. The van der Waals surface area contributed by atoms with Crippen molar-refractivity contribution in [2.75, 3.05) is 30.0 Å². The molecule has 1 aromatic carbocycles. The van der Waals surface area contributed by atoms with Crippen molar-refractivity contribution in [3.8, 4) is 0 Å². The molecular weight excluding hydrogens is 279 g/mol. The minimum absolute atomic E-state index is 0.0946. The second-order valence-electron chi connectivity index (χ2n) is 4.71. The largest absolute Gasteiger partial charge is 0.397 e. The molecule has 0 aromatic heterocycles. The fourth-order valence-corrected chi connectivity index (χ4v) is 3.18. The van der Waals surface area contributed by atoms with Crippen LogP contribution in [0, 0.1) is 5.82 Å². The maximum absolute atomic E-state index is 12.9. The van der Waals surface area contributed by atoms with Crippen LogP contribution in [-0.2, 0) is 9.53 Å². The van der Waals surface area contributed by atoms with Crippen molar-refractivity contribution in [1.29, 1.82) is 0 Å². The van der Waals surface area contributed by atoms with Crippen LogP contribution in [0.5, 0.6) is 0 Å². The molecular formula is C14H19FN2O2S. The van der Waals surface area contributed by atoms with Crippen LogP contribution in [0.2, 0.25) is 0 Å². The molecule has 0 unspecified atom stereocenters. The summed E-state index contributed by atoms with van der Waals surface area (Å²) in [4.78, 5) is 11.8. The Labute approximate surface area is 122 Å². The zero-order chi connectivity index (χ0) is 14.4. The summed E-state index contributed by atoms with van der Waals surface area (Å²) in [7, 11) is 0. The molecule has 20 heavy (non-hydrogen) atoms. The molecule has 1 fully saturated rings. The highest BCUT2D eigenvalue weighted by Gasteiger charge is 2.14. The lowest BCUT2D eigenvalue weighted by Crippen LogP contribution is -2.19. The maximum Gasteiger partial charge on any atom is 0.225 e. The quantitative estimate of drug-likeness (QED) is 0.820. The molecule has 3 N–H and O–H groups in total. The predicted octanol–water partition coefficient (Wildman–Crippen LogP) is 2.65. The fraction of sp³-hybridized carbons (Fsp3) is 0.500. The predicted molar refractivity (Wildman–Crippen MR) is 80.4 cm³/mol. The van der Waals surface area contributed by atoms with E-state index in [1.807, 2.05) is 11.8 Å². The van der Waals surface area contributed by atoms with Crippen LogP contribution in [0.4, 0.5) is 15.8 Å². The SMILES string of the molecule is Nc1cc(F)ccc1NC(=O)CCSC1CCOCC1. The van der Waals surface area contributed by atoms with Gasteiger partial charge in [0.15, 0.2) is 0 Å². The number of nitrogens with one attached hydrogen (secondary N) is 1. The van der Waals surface area contributed by atoms with Gasteiger partial charge in [0.1, 0.15) is 5.82 Å². The first-order valence-electron chi connectivity index (χ1n) is 6.69. The molecule has 1 aromatic rings. The number of carbonyl (C=O) groups is 1. The van der Waals surface area contributed by atoms with Crippen LogP contribution in [0.15, 0.2) is 18.2 Å². The molecule has 1 aliphatic rings. The van der Waals surface area contributed by atoms with Gasteiger partial charge in [-0.15, -0.1) is 0 Å². The smallest absolute Gasteiger partial charge is 0.225 e. The summed E-state index contributed by atoms with van der Waals surface area (Å²) >= 11 is 1.81. The molecule has 0 atom stereocenters. The summed E-state index contributed by atoms with van der Waals surface area (Å²) in [6, 6.07) is 3.96. The maximum atomic E-state index is 12.9. The van der Waals surface area contributed by atoms with E-state index in [1.165, 1.54) is 18.2 Å². The fourth-order valence-electron chi connectivity index (χ4n) is 2.02. The van der Waals surface area contributed by atoms with Crippen LogP contribution in [0.3, 0.4) is 0 Å². The monoisotopic (exact) mass is 298 g/mol. The van der Waals surface area contributed by atoms with E-state index < -0.39 is 5.82 Å². The van der Waals surface area contributed by atoms with E-state index in [1.54, 1.807) is 0 Å². The number of hydrogen-bond acceptors (Lipinski definition) is 4. The number of hydrogen-bond donors (Lipinski definition) is 2. The van der Waals surface area contributed by atoms with E-state index in [4.69, 9.17) is 10.5 Å². The molecule has 1 saturated heterocycles. The number of nitrogen functional groups attached to an aromatic ring is 1. The van der Waals surface area contributed by atoms with Crippen molar-refractivity contribution in [2.45, 2.75) is 24.5 Å². The first-order chi connectivity index (χ1) is 9.65. The standard InChI is InChI=1S/C14H19FN2O2S/c15-10-1-2-13(12(16)9-10)17-14(18)5-8-20-11-3-6-19-7-4-11/h1-2,9,11H,3-8,16H2,(H,17,18). The molecule has 0 aliphatic carbocycles. The molecule has 0 bridgehead atoms. The van der Waals surface area contributed by atoms with E-state index in [0.717, 1.165) is 31.8 Å². The van der Waals surface area contributed by atoms with E-state index in [9.17, 15) is 9.18 Å². The Morgan fingerprint density at radius 1 is 1.45 bits per heavy atom. The van der Waals surface area contributed by atoms with Gasteiger partial charge in [0.05, 0.1) is 11.4 Å². The Balaban J connectivity index is 1.72. The minimum atomic E-state index is -0.407. The van der Waals surface area contributed by atoms with Crippen molar-refractivity contribution in [3.63, 3.8) is 0 Å². The van der Waals surface area contributed by atoms with Gasteiger partial charge in [-0.05, 0) is 31.0 Å². The summed E-state index contributed by atoms with van der Waals surface area (Å²) in [5.74, 6) is 0.274. The van der Waals surface area contributed by atoms with Gasteiger partial charge in [-0.3, -0.25) is 4.79 Å². The third-order valence-electron chi connectivity index (χ3n) is 3.14. The molecule has 0 spiro atoms. The number of halogens is 1. The second kappa shape index (κ2) is 7.50. The third kappa shape index (κ3) is 4.68. The number of ether oxygens (including phenoxy) is 1. The molecule has 1 aliphatic heterocycles. The molecule has 1 heterocycles. The summed E-state index contributed by atoms with van der Waals surface area (Å²) in [5, 5.41) is 3.30. The van der Waals surface area contributed by atoms with Crippen molar-refractivity contribution in [2.24, 2.45) is 0 Å². The molecule has 6 heteroatoms. The lowest BCUT2D eigenvalue weighted by Gasteiger charge is -2.21. The lowest BCUT2D eigenvalue weighted by atomic mass is 10.2. The number of nitrogens with two attached hydrogens (primary N) is 1. The Morgan fingerprint density at radius 3 is 2.90 bits per heavy atom. The zero-order valence-electron chi connectivity index (χ0n) is 11.2. The van der Waals surface area contributed by atoms with E-state index >= 15 is 0 Å². The van der Waals surface area contributed by atoms with Gasteiger partial charge in [-0.1, -0.05) is 0 Å². The van der Waals surface area contributed by atoms with Gasteiger partial charge >= 0.3 is 0 Å². The van der Waals surface area contributed by atoms with Gasteiger partial charge in [0.2, 0.25) is 5.91 Å². The number of benzene rings is 1. The average Bonchev–Trinajstić information content (AvgIpc) is 2.43. The van der Waals surface area contributed by atoms with Crippen LogP contribution in [0.25, 0.3) is 0 Å².